The number of nitrogens with zero attached hydrogens (tertiary/aromatic N) is 2. The zero-order valence-corrected chi connectivity index (χ0v) is 11.7. The van der Waals surface area contributed by atoms with E-state index in [1.807, 2.05) is 24.5 Å². The van der Waals surface area contributed by atoms with Crippen LogP contribution in [0.25, 0.3) is 0 Å². The molecule has 20 heavy (non-hydrogen) atoms. The molecule has 1 aliphatic rings. The normalized spacial score (nSPS) is 17.2. The lowest BCUT2D eigenvalue weighted by atomic mass is 10.1. The van der Waals surface area contributed by atoms with Crippen molar-refractivity contribution in [1.29, 1.82) is 0 Å². The van der Waals surface area contributed by atoms with Crippen LogP contribution in [0.15, 0.2) is 36.8 Å². The van der Waals surface area contributed by atoms with Crippen LogP contribution >= 0.6 is 0 Å². The average molecular weight is 270 g/mol. The fourth-order valence-electron chi connectivity index (χ4n) is 2.81. The molecule has 1 heterocycles. The van der Waals surface area contributed by atoms with Gasteiger partial charge in [0.1, 0.15) is 5.69 Å². The van der Waals surface area contributed by atoms with Crippen molar-refractivity contribution in [3.63, 3.8) is 0 Å². The van der Waals surface area contributed by atoms with Crippen molar-refractivity contribution in [3.05, 3.63) is 53.6 Å². The van der Waals surface area contributed by atoms with Gasteiger partial charge in [-0.1, -0.05) is 24.3 Å². The molecule has 0 aliphatic heterocycles. The van der Waals surface area contributed by atoms with E-state index in [4.69, 9.17) is 4.74 Å². The van der Waals surface area contributed by atoms with Gasteiger partial charge in [-0.25, -0.2) is 9.78 Å². The lowest BCUT2D eigenvalue weighted by molar-refractivity contribution is 0.0363. The molecule has 0 saturated heterocycles. The number of carbonyl (C=O) groups excluding carboxylic acids is 1. The van der Waals surface area contributed by atoms with Crippen LogP contribution in [0, 0.1) is 0 Å². The summed E-state index contributed by atoms with van der Waals surface area (Å²) in [7, 11) is 0. The second-order valence-electron chi connectivity index (χ2n) is 5.39. The highest BCUT2D eigenvalue weighted by molar-refractivity contribution is 5.87. The van der Waals surface area contributed by atoms with Crippen molar-refractivity contribution in [2.45, 2.75) is 38.8 Å². The first-order chi connectivity index (χ1) is 9.66. The van der Waals surface area contributed by atoms with Gasteiger partial charge in [-0.05, 0) is 37.8 Å². The molecule has 4 heteroatoms. The summed E-state index contributed by atoms with van der Waals surface area (Å²) in [5, 5.41) is 0. The number of aromatic nitrogens is 2. The van der Waals surface area contributed by atoms with Gasteiger partial charge in [-0.2, -0.15) is 0 Å². The molecular formula is C16H18N2O2. The summed E-state index contributed by atoms with van der Waals surface area (Å²) in [5.41, 5.74) is 3.17. The molecule has 2 aromatic rings. The van der Waals surface area contributed by atoms with E-state index in [9.17, 15) is 4.79 Å². The molecule has 1 aliphatic carbocycles. The molecule has 3 rings (SSSR count). The van der Waals surface area contributed by atoms with Gasteiger partial charge in [0.25, 0.3) is 0 Å². The second kappa shape index (κ2) is 5.12. The molecule has 0 saturated carbocycles. The molecule has 4 nitrogen and oxygen atoms in total. The second-order valence-corrected chi connectivity index (χ2v) is 5.39. The highest BCUT2D eigenvalue weighted by Crippen LogP contribution is 2.34. The minimum atomic E-state index is -0.304. The third-order valence-corrected chi connectivity index (χ3v) is 3.65. The molecule has 0 radical (unpaired) electrons. The Hall–Kier alpha value is -2.10. The number of hydrogen-bond donors (Lipinski definition) is 0. The molecule has 1 atom stereocenters. The Morgan fingerprint density at radius 3 is 3.00 bits per heavy atom. The maximum absolute atomic E-state index is 12.1. The Bertz CT molecular complexity index is 631. The molecule has 104 valence electrons. The summed E-state index contributed by atoms with van der Waals surface area (Å²) in [6.07, 6.45) is 5.23. The molecule has 1 aromatic carbocycles. The molecule has 0 N–H and O–H groups in total. The summed E-state index contributed by atoms with van der Waals surface area (Å²) >= 11 is 0. The molecular weight excluding hydrogens is 252 g/mol. The Morgan fingerprint density at radius 1 is 1.40 bits per heavy atom. The maximum atomic E-state index is 12.1. The lowest BCUT2D eigenvalue weighted by Crippen LogP contribution is -2.18. The van der Waals surface area contributed by atoms with Crippen molar-refractivity contribution >= 4 is 5.97 Å². The van der Waals surface area contributed by atoms with Crippen LogP contribution < -0.4 is 0 Å². The maximum Gasteiger partial charge on any atom is 0.356 e. The van der Waals surface area contributed by atoms with Crippen LogP contribution in [0.3, 0.4) is 0 Å². The van der Waals surface area contributed by atoms with E-state index >= 15 is 0 Å². The number of rotatable bonds is 3. The van der Waals surface area contributed by atoms with E-state index in [1.54, 1.807) is 12.5 Å². The third-order valence-electron chi connectivity index (χ3n) is 3.65. The van der Waals surface area contributed by atoms with Gasteiger partial charge in [-0.3, -0.25) is 0 Å². The van der Waals surface area contributed by atoms with E-state index in [1.165, 1.54) is 11.1 Å². The fourth-order valence-corrected chi connectivity index (χ4v) is 2.81. The van der Waals surface area contributed by atoms with Crippen molar-refractivity contribution in [3.8, 4) is 0 Å². The van der Waals surface area contributed by atoms with Crippen molar-refractivity contribution in [2.75, 3.05) is 0 Å². The van der Waals surface area contributed by atoms with Gasteiger partial charge in [0.15, 0.2) is 0 Å². The van der Waals surface area contributed by atoms with Crippen LogP contribution in [-0.4, -0.2) is 21.6 Å². The number of ether oxygens (including phenoxy) is 1. The highest BCUT2D eigenvalue weighted by atomic mass is 16.5. The number of hydrogen-bond acceptors (Lipinski definition) is 3. The minimum Gasteiger partial charge on any atom is -0.458 e. The van der Waals surface area contributed by atoms with Gasteiger partial charge in [0.05, 0.1) is 24.7 Å². The first kappa shape index (κ1) is 12.9. The van der Waals surface area contributed by atoms with E-state index < -0.39 is 0 Å². The van der Waals surface area contributed by atoms with Crippen LogP contribution in [0.5, 0.6) is 0 Å². The van der Waals surface area contributed by atoms with Crippen molar-refractivity contribution < 1.29 is 9.53 Å². The van der Waals surface area contributed by atoms with E-state index in [2.05, 4.69) is 23.2 Å². The van der Waals surface area contributed by atoms with E-state index in [-0.39, 0.29) is 18.1 Å². The van der Waals surface area contributed by atoms with Gasteiger partial charge < -0.3 is 9.30 Å². The molecule has 1 unspecified atom stereocenters. The average Bonchev–Trinajstić information content (AvgIpc) is 3.03. The van der Waals surface area contributed by atoms with Gasteiger partial charge in [-0.15, -0.1) is 0 Å². The smallest absolute Gasteiger partial charge is 0.356 e. The molecule has 1 aromatic heterocycles. The van der Waals surface area contributed by atoms with Crippen LogP contribution in [0.2, 0.25) is 0 Å². The van der Waals surface area contributed by atoms with Crippen molar-refractivity contribution in [2.24, 2.45) is 0 Å². The van der Waals surface area contributed by atoms with Crippen LogP contribution in [0.4, 0.5) is 0 Å². The highest BCUT2D eigenvalue weighted by Gasteiger charge is 2.27. The summed E-state index contributed by atoms with van der Waals surface area (Å²) in [6, 6.07) is 8.56. The van der Waals surface area contributed by atoms with Gasteiger partial charge in [0.2, 0.25) is 0 Å². The number of imidazole rings is 1. The zero-order valence-electron chi connectivity index (χ0n) is 11.7. The summed E-state index contributed by atoms with van der Waals surface area (Å²) in [6.45, 7) is 3.70. The summed E-state index contributed by atoms with van der Waals surface area (Å²) < 4.78 is 7.22. The zero-order chi connectivity index (χ0) is 14.1. The number of esters is 1. The van der Waals surface area contributed by atoms with Crippen LogP contribution in [0.1, 0.15) is 47.9 Å². The Labute approximate surface area is 118 Å². The number of fused-ring (bicyclic) bond motifs is 1. The fraction of sp³-hybridized carbons (Fsp3) is 0.375. The van der Waals surface area contributed by atoms with Gasteiger partial charge >= 0.3 is 5.97 Å². The van der Waals surface area contributed by atoms with Crippen LogP contribution in [-0.2, 0) is 11.2 Å². The van der Waals surface area contributed by atoms with Gasteiger partial charge in [0, 0.05) is 0 Å². The molecule has 0 amide bonds. The number of carbonyl (C=O) groups is 1. The largest absolute Gasteiger partial charge is 0.458 e. The predicted octanol–water partition coefficient (Wildman–Crippen LogP) is 2.98. The standard InChI is InChI=1S/C16H18N2O2/c1-11(2)20-16(19)15-9-17-10-18(15)14-8-7-12-5-3-4-6-13(12)14/h3-6,9-11,14H,7-8H2,1-2H3. The molecule has 0 fully saturated rings. The van der Waals surface area contributed by atoms with E-state index in [0.29, 0.717) is 5.69 Å². The minimum absolute atomic E-state index is 0.123. The Balaban J connectivity index is 1.93. The molecule has 0 spiro atoms. The first-order valence-corrected chi connectivity index (χ1v) is 6.97. The third kappa shape index (κ3) is 2.22. The quantitative estimate of drug-likeness (QED) is 0.805. The molecule has 0 bridgehead atoms. The number of aryl methyl sites for hydroxylation is 1. The Kier molecular flexibility index (Phi) is 3.30. The number of benzene rings is 1. The monoisotopic (exact) mass is 270 g/mol. The predicted molar refractivity (Wildman–Crippen MR) is 75.7 cm³/mol. The first-order valence-electron chi connectivity index (χ1n) is 6.97. The Morgan fingerprint density at radius 2 is 2.20 bits per heavy atom. The summed E-state index contributed by atoms with van der Waals surface area (Å²) in [5.74, 6) is -0.304. The topological polar surface area (TPSA) is 44.1 Å². The summed E-state index contributed by atoms with van der Waals surface area (Å²) in [4.78, 5) is 16.3. The lowest BCUT2D eigenvalue weighted by Gasteiger charge is -2.17. The van der Waals surface area contributed by atoms with E-state index in [0.717, 1.165) is 12.8 Å². The van der Waals surface area contributed by atoms with Crippen molar-refractivity contribution in [1.82, 2.24) is 9.55 Å². The SMILES string of the molecule is CC(C)OC(=O)c1cncn1C1CCc2ccccc21.